The molecule has 1 aromatic carbocycles. The van der Waals surface area contributed by atoms with Crippen LogP contribution in [0.25, 0.3) is 0 Å². The highest BCUT2D eigenvalue weighted by molar-refractivity contribution is 5.34. The van der Waals surface area contributed by atoms with Crippen LogP contribution in [0, 0.1) is 5.82 Å². The summed E-state index contributed by atoms with van der Waals surface area (Å²) in [6.07, 6.45) is 0. The zero-order chi connectivity index (χ0) is 15.3. The number of phenols is 1. The molecule has 0 saturated heterocycles. The Morgan fingerprint density at radius 2 is 1.75 bits per heavy atom. The van der Waals surface area contributed by atoms with Gasteiger partial charge in [-0.15, -0.1) is 0 Å². The number of nitrogens with one attached hydrogen (secondary N) is 1. The molecule has 4 heteroatoms. The molecule has 1 rings (SSSR count). The van der Waals surface area contributed by atoms with Crippen molar-refractivity contribution in [2.45, 2.75) is 52.7 Å². The fourth-order valence-corrected chi connectivity index (χ4v) is 2.52. The minimum atomic E-state index is -0.413. The first kappa shape index (κ1) is 16.9. The molecule has 20 heavy (non-hydrogen) atoms. The number of nitrogens with zero attached hydrogens (tertiary/aromatic N) is 1. The summed E-state index contributed by atoms with van der Waals surface area (Å²) >= 11 is 0. The lowest BCUT2D eigenvalue weighted by Crippen LogP contribution is -2.41. The predicted molar refractivity (Wildman–Crippen MR) is 81.5 cm³/mol. The molecule has 0 aromatic heterocycles. The summed E-state index contributed by atoms with van der Waals surface area (Å²) in [7, 11) is 0. The van der Waals surface area contributed by atoms with Gasteiger partial charge in [0.05, 0.1) is 0 Å². The van der Waals surface area contributed by atoms with Gasteiger partial charge in [-0.25, -0.2) is 4.39 Å². The quantitative estimate of drug-likeness (QED) is 0.805. The minimum absolute atomic E-state index is 0.00299. The molecule has 1 aromatic rings. The van der Waals surface area contributed by atoms with Gasteiger partial charge in [0.2, 0.25) is 0 Å². The van der Waals surface area contributed by atoms with Crippen molar-refractivity contribution in [3.63, 3.8) is 0 Å². The zero-order valence-electron chi connectivity index (χ0n) is 13.2. The molecule has 0 aliphatic carbocycles. The van der Waals surface area contributed by atoms with E-state index in [9.17, 15) is 9.50 Å². The standard InChI is InChI=1S/C16H27FN2O/c1-11(2)19(12(3)4)9-8-18-13(5)15-7-6-14(17)10-16(15)20/h6-7,10-13,18,20H,8-9H2,1-5H3. The summed E-state index contributed by atoms with van der Waals surface area (Å²) in [5.74, 6) is -0.404. The third-order valence-electron chi connectivity index (χ3n) is 3.61. The number of benzene rings is 1. The first-order valence-electron chi connectivity index (χ1n) is 7.30. The first-order valence-corrected chi connectivity index (χ1v) is 7.30. The van der Waals surface area contributed by atoms with Crippen LogP contribution < -0.4 is 5.32 Å². The molecule has 1 unspecified atom stereocenters. The van der Waals surface area contributed by atoms with E-state index in [1.54, 1.807) is 6.07 Å². The molecule has 0 spiro atoms. The molecule has 0 heterocycles. The average Bonchev–Trinajstić information content (AvgIpc) is 2.33. The van der Waals surface area contributed by atoms with Crippen LogP contribution in [0.1, 0.15) is 46.2 Å². The Balaban J connectivity index is 2.53. The molecule has 0 fully saturated rings. The Labute approximate surface area is 121 Å². The molecule has 0 amide bonds. The monoisotopic (exact) mass is 282 g/mol. The molecule has 0 aliphatic heterocycles. The molecule has 0 bridgehead atoms. The van der Waals surface area contributed by atoms with Gasteiger partial charge in [-0.05, 0) is 40.7 Å². The van der Waals surface area contributed by atoms with Gasteiger partial charge in [0, 0.05) is 42.8 Å². The van der Waals surface area contributed by atoms with Gasteiger partial charge in [-0.2, -0.15) is 0 Å². The number of aromatic hydroxyl groups is 1. The van der Waals surface area contributed by atoms with Gasteiger partial charge < -0.3 is 10.4 Å². The molecular formula is C16H27FN2O. The Kier molecular flexibility index (Phi) is 6.43. The lowest BCUT2D eigenvalue weighted by Gasteiger charge is -2.31. The van der Waals surface area contributed by atoms with Crippen LogP contribution in [0.2, 0.25) is 0 Å². The van der Waals surface area contributed by atoms with Crippen LogP contribution in [-0.4, -0.2) is 35.2 Å². The van der Waals surface area contributed by atoms with E-state index < -0.39 is 5.82 Å². The number of hydrogen-bond acceptors (Lipinski definition) is 3. The van der Waals surface area contributed by atoms with Crippen molar-refractivity contribution < 1.29 is 9.50 Å². The van der Waals surface area contributed by atoms with Crippen LogP contribution in [0.4, 0.5) is 4.39 Å². The van der Waals surface area contributed by atoms with Crippen molar-refractivity contribution in [1.29, 1.82) is 0 Å². The lowest BCUT2D eigenvalue weighted by atomic mass is 10.1. The fraction of sp³-hybridized carbons (Fsp3) is 0.625. The Morgan fingerprint density at radius 1 is 1.15 bits per heavy atom. The van der Waals surface area contributed by atoms with Crippen LogP contribution >= 0.6 is 0 Å². The molecule has 114 valence electrons. The maximum atomic E-state index is 13.0. The van der Waals surface area contributed by atoms with Crippen molar-refractivity contribution in [3.05, 3.63) is 29.6 Å². The fourth-order valence-electron chi connectivity index (χ4n) is 2.52. The van der Waals surface area contributed by atoms with Gasteiger partial charge in [0.25, 0.3) is 0 Å². The highest BCUT2D eigenvalue weighted by Gasteiger charge is 2.14. The van der Waals surface area contributed by atoms with E-state index in [1.807, 2.05) is 6.92 Å². The highest BCUT2D eigenvalue weighted by atomic mass is 19.1. The SMILES string of the molecule is CC(NCCN(C(C)C)C(C)C)c1ccc(F)cc1O. The largest absolute Gasteiger partial charge is 0.508 e. The van der Waals surface area contributed by atoms with Crippen LogP contribution in [0.3, 0.4) is 0 Å². The molecule has 0 aliphatic rings. The minimum Gasteiger partial charge on any atom is -0.508 e. The van der Waals surface area contributed by atoms with Gasteiger partial charge in [-0.1, -0.05) is 6.07 Å². The van der Waals surface area contributed by atoms with Crippen molar-refractivity contribution >= 4 is 0 Å². The van der Waals surface area contributed by atoms with Gasteiger partial charge >= 0.3 is 0 Å². The van der Waals surface area contributed by atoms with E-state index in [4.69, 9.17) is 0 Å². The average molecular weight is 282 g/mol. The van der Waals surface area contributed by atoms with Crippen molar-refractivity contribution in [3.8, 4) is 5.75 Å². The van der Waals surface area contributed by atoms with Crippen LogP contribution in [0.5, 0.6) is 5.75 Å². The highest BCUT2D eigenvalue weighted by Crippen LogP contribution is 2.24. The molecule has 1 atom stereocenters. The maximum Gasteiger partial charge on any atom is 0.126 e. The molecular weight excluding hydrogens is 255 g/mol. The summed E-state index contributed by atoms with van der Waals surface area (Å²) in [6, 6.07) is 5.17. The third kappa shape index (κ3) is 4.76. The Bertz CT molecular complexity index is 413. The zero-order valence-corrected chi connectivity index (χ0v) is 13.2. The number of phenolic OH excluding ortho intramolecular Hbond substituents is 1. The van der Waals surface area contributed by atoms with E-state index in [0.29, 0.717) is 12.1 Å². The summed E-state index contributed by atoms with van der Waals surface area (Å²) in [6.45, 7) is 12.5. The summed E-state index contributed by atoms with van der Waals surface area (Å²) in [5.41, 5.74) is 0.729. The molecule has 3 nitrogen and oxygen atoms in total. The second kappa shape index (κ2) is 7.60. The molecule has 0 saturated carbocycles. The van der Waals surface area contributed by atoms with E-state index in [1.165, 1.54) is 6.07 Å². The first-order chi connectivity index (χ1) is 9.32. The number of rotatable bonds is 7. The number of hydrogen-bond donors (Lipinski definition) is 2. The van der Waals surface area contributed by atoms with Crippen molar-refractivity contribution in [2.24, 2.45) is 0 Å². The topological polar surface area (TPSA) is 35.5 Å². The normalized spacial score (nSPS) is 13.4. The van der Waals surface area contributed by atoms with Gasteiger partial charge in [-0.3, -0.25) is 4.90 Å². The lowest BCUT2D eigenvalue weighted by molar-refractivity contribution is 0.174. The van der Waals surface area contributed by atoms with Crippen LogP contribution in [-0.2, 0) is 0 Å². The van der Waals surface area contributed by atoms with Gasteiger partial charge in [0.1, 0.15) is 11.6 Å². The summed E-state index contributed by atoms with van der Waals surface area (Å²) in [5, 5.41) is 13.1. The maximum absolute atomic E-state index is 13.0. The van der Waals surface area contributed by atoms with Crippen molar-refractivity contribution in [1.82, 2.24) is 10.2 Å². The van der Waals surface area contributed by atoms with E-state index in [0.717, 1.165) is 24.7 Å². The third-order valence-corrected chi connectivity index (χ3v) is 3.61. The number of halogens is 1. The summed E-state index contributed by atoms with van der Waals surface area (Å²) in [4.78, 5) is 2.41. The van der Waals surface area contributed by atoms with Gasteiger partial charge in [0.15, 0.2) is 0 Å². The Hall–Kier alpha value is -1.13. The molecule has 0 radical (unpaired) electrons. The van der Waals surface area contributed by atoms with E-state index >= 15 is 0 Å². The van der Waals surface area contributed by atoms with E-state index in [-0.39, 0.29) is 11.8 Å². The molecule has 2 N–H and O–H groups in total. The Morgan fingerprint density at radius 3 is 2.25 bits per heavy atom. The van der Waals surface area contributed by atoms with Crippen LogP contribution in [0.15, 0.2) is 18.2 Å². The van der Waals surface area contributed by atoms with E-state index in [2.05, 4.69) is 37.9 Å². The smallest absolute Gasteiger partial charge is 0.126 e. The second-order valence-corrected chi connectivity index (χ2v) is 5.80. The predicted octanol–water partition coefficient (Wildman–Crippen LogP) is 3.30. The second-order valence-electron chi connectivity index (χ2n) is 5.80. The summed E-state index contributed by atoms with van der Waals surface area (Å²) < 4.78 is 13.0. The van der Waals surface area contributed by atoms with Crippen molar-refractivity contribution in [2.75, 3.05) is 13.1 Å².